The van der Waals surface area contributed by atoms with Crippen molar-refractivity contribution in [3.05, 3.63) is 62.9 Å². The molecule has 3 aromatic heterocycles. The van der Waals surface area contributed by atoms with Crippen LogP contribution in [0.2, 0.25) is 0 Å². The molecule has 1 aliphatic carbocycles. The van der Waals surface area contributed by atoms with Gasteiger partial charge in [0, 0.05) is 4.88 Å². The Morgan fingerprint density at radius 1 is 1.29 bits per heavy atom. The van der Waals surface area contributed by atoms with Gasteiger partial charge in [-0.2, -0.15) is 5.10 Å². The molecule has 0 spiro atoms. The van der Waals surface area contributed by atoms with E-state index in [0.717, 1.165) is 47.2 Å². The number of aromatic amines is 1. The van der Waals surface area contributed by atoms with Crippen molar-refractivity contribution in [3.63, 3.8) is 0 Å². The second-order valence-electron chi connectivity index (χ2n) is 8.03. The Hall–Kier alpha value is -3.44. The number of aromatic nitrogens is 4. The predicted octanol–water partition coefficient (Wildman–Crippen LogP) is 3.96. The maximum atomic E-state index is 13.0. The van der Waals surface area contributed by atoms with Crippen LogP contribution in [0.3, 0.4) is 0 Å². The lowest BCUT2D eigenvalue weighted by Gasteiger charge is -2.12. The summed E-state index contributed by atoms with van der Waals surface area (Å²) in [5.41, 5.74) is 2.31. The van der Waals surface area contributed by atoms with Crippen molar-refractivity contribution in [1.82, 2.24) is 19.7 Å². The van der Waals surface area contributed by atoms with Crippen LogP contribution in [0.5, 0.6) is 0 Å². The number of anilines is 1. The van der Waals surface area contributed by atoms with Gasteiger partial charge in [-0.15, -0.1) is 11.3 Å². The molecule has 0 fully saturated rings. The molecule has 1 amide bonds. The number of carbonyl (C=O) groups is 2. The van der Waals surface area contributed by atoms with Gasteiger partial charge in [0.15, 0.2) is 10.8 Å². The van der Waals surface area contributed by atoms with E-state index in [-0.39, 0.29) is 18.1 Å². The quantitative estimate of drug-likeness (QED) is 0.220. The number of hydrogen-bond acceptors (Lipinski definition) is 8. The van der Waals surface area contributed by atoms with E-state index in [1.54, 1.807) is 18.5 Å². The summed E-state index contributed by atoms with van der Waals surface area (Å²) in [6.45, 7) is 3.75. The summed E-state index contributed by atoms with van der Waals surface area (Å²) in [4.78, 5) is 46.7. The van der Waals surface area contributed by atoms with Crippen LogP contribution < -0.4 is 10.9 Å². The van der Waals surface area contributed by atoms with Crippen molar-refractivity contribution < 1.29 is 14.3 Å². The molecule has 0 aliphatic heterocycles. The minimum atomic E-state index is -0.587. The molecule has 180 valence electrons. The largest absolute Gasteiger partial charge is 0.462 e. The van der Waals surface area contributed by atoms with Gasteiger partial charge in [0.1, 0.15) is 10.4 Å². The molecule has 0 saturated carbocycles. The van der Waals surface area contributed by atoms with Crippen LogP contribution in [-0.2, 0) is 22.4 Å². The number of aryl methyl sites for hydroxylation is 1. The molecule has 1 unspecified atom stereocenters. The van der Waals surface area contributed by atoms with Crippen LogP contribution in [0.25, 0.3) is 16.7 Å². The number of esters is 1. The molecule has 9 nitrogen and oxygen atoms in total. The topological polar surface area (TPSA) is 119 Å². The number of hydrogen-bond donors (Lipinski definition) is 2. The van der Waals surface area contributed by atoms with Crippen LogP contribution in [-0.4, -0.2) is 43.5 Å². The Morgan fingerprint density at radius 3 is 2.86 bits per heavy atom. The van der Waals surface area contributed by atoms with E-state index in [1.807, 2.05) is 30.3 Å². The monoisotopic (exact) mass is 509 g/mol. The van der Waals surface area contributed by atoms with Crippen LogP contribution in [0, 0.1) is 0 Å². The van der Waals surface area contributed by atoms with Gasteiger partial charge >= 0.3 is 5.97 Å². The molecule has 1 atom stereocenters. The third kappa shape index (κ3) is 4.48. The number of rotatable bonds is 7. The number of nitrogens with zero attached hydrogens (tertiary/aromatic N) is 3. The summed E-state index contributed by atoms with van der Waals surface area (Å²) in [5.74, 6) is -0.701. The number of carbonyl (C=O) groups excluding carboxylic acids is 2. The third-order valence-corrected chi connectivity index (χ3v) is 7.90. The fourth-order valence-electron chi connectivity index (χ4n) is 4.06. The highest BCUT2D eigenvalue weighted by Gasteiger charge is 2.29. The first-order valence-corrected chi connectivity index (χ1v) is 13.0. The number of nitrogens with one attached hydrogen (secondary N) is 2. The molecule has 2 N–H and O–H groups in total. The van der Waals surface area contributed by atoms with E-state index < -0.39 is 11.2 Å². The minimum absolute atomic E-state index is 0.268. The van der Waals surface area contributed by atoms with E-state index in [1.165, 1.54) is 17.5 Å². The fourth-order valence-corrected chi connectivity index (χ4v) is 6.13. The maximum Gasteiger partial charge on any atom is 0.341 e. The van der Waals surface area contributed by atoms with Gasteiger partial charge < -0.3 is 15.0 Å². The maximum absolute atomic E-state index is 13.0. The van der Waals surface area contributed by atoms with Gasteiger partial charge in [-0.05, 0) is 50.8 Å². The van der Waals surface area contributed by atoms with Crippen molar-refractivity contribution in [2.24, 2.45) is 0 Å². The summed E-state index contributed by atoms with van der Waals surface area (Å²) < 4.78 is 6.83. The van der Waals surface area contributed by atoms with Crippen molar-refractivity contribution >= 4 is 51.0 Å². The summed E-state index contributed by atoms with van der Waals surface area (Å²) in [6.07, 6.45) is 4.17. The molecule has 1 aromatic carbocycles. The highest BCUT2D eigenvalue weighted by molar-refractivity contribution is 8.00. The molecule has 1 aliphatic rings. The Labute approximate surface area is 208 Å². The van der Waals surface area contributed by atoms with Crippen molar-refractivity contribution in [3.8, 4) is 5.69 Å². The number of ether oxygens (including phenoxy) is 1. The lowest BCUT2D eigenvalue weighted by Crippen LogP contribution is -2.24. The highest BCUT2D eigenvalue weighted by atomic mass is 32.2. The zero-order chi connectivity index (χ0) is 24.5. The van der Waals surface area contributed by atoms with Crippen LogP contribution in [0.1, 0.15) is 41.1 Å². The normalized spacial score (nSPS) is 13.5. The molecule has 5 rings (SSSR count). The zero-order valence-corrected chi connectivity index (χ0v) is 20.8. The summed E-state index contributed by atoms with van der Waals surface area (Å²) in [5, 5.41) is 7.81. The van der Waals surface area contributed by atoms with Crippen molar-refractivity contribution in [2.75, 3.05) is 11.9 Å². The standard InChI is InChI=1S/C24H23N5O4S2/c1-3-33-23(32)18-15-10-7-11-17(15)35-22(18)27-20(30)13(2)34-24-26-19-16(21(31)28-24)12-25-29(19)14-8-5-4-6-9-14/h4-6,8-9,12-13H,3,7,10-11H2,1-2H3,(H,27,30)(H,26,28,31). The molecule has 11 heteroatoms. The van der Waals surface area contributed by atoms with E-state index in [2.05, 4.69) is 20.4 Å². The van der Waals surface area contributed by atoms with Gasteiger partial charge in [-0.25, -0.2) is 14.5 Å². The SMILES string of the molecule is CCOC(=O)c1c(NC(=O)C(C)Sc2nc3c(cnn3-c3ccccc3)c(=O)[nH]2)sc2c1CCC2. The number of thioether (sulfide) groups is 1. The van der Waals surface area contributed by atoms with Crippen molar-refractivity contribution in [2.45, 2.75) is 43.5 Å². The Kier molecular flexibility index (Phi) is 6.44. The van der Waals surface area contributed by atoms with E-state index >= 15 is 0 Å². The lowest BCUT2D eigenvalue weighted by atomic mass is 10.1. The molecule has 0 bridgehead atoms. The minimum Gasteiger partial charge on any atom is -0.462 e. The summed E-state index contributed by atoms with van der Waals surface area (Å²) in [6, 6.07) is 9.40. The first-order valence-electron chi connectivity index (χ1n) is 11.3. The predicted molar refractivity (Wildman–Crippen MR) is 136 cm³/mol. The Balaban J connectivity index is 1.38. The molecular weight excluding hydrogens is 486 g/mol. The highest BCUT2D eigenvalue weighted by Crippen LogP contribution is 2.40. The smallest absolute Gasteiger partial charge is 0.341 e. The second-order valence-corrected chi connectivity index (χ2v) is 10.5. The number of H-pyrrole nitrogens is 1. The molecular formula is C24H23N5O4S2. The van der Waals surface area contributed by atoms with Gasteiger partial charge in [-0.1, -0.05) is 30.0 Å². The molecule has 35 heavy (non-hydrogen) atoms. The summed E-state index contributed by atoms with van der Waals surface area (Å²) >= 11 is 2.56. The van der Waals surface area contributed by atoms with Crippen molar-refractivity contribution in [1.29, 1.82) is 0 Å². The van der Waals surface area contributed by atoms with Gasteiger partial charge in [-0.3, -0.25) is 9.59 Å². The van der Waals surface area contributed by atoms with Crippen LogP contribution >= 0.6 is 23.1 Å². The average Bonchev–Trinajstić information content (AvgIpc) is 3.54. The van der Waals surface area contributed by atoms with Crippen LogP contribution in [0.4, 0.5) is 5.00 Å². The number of fused-ring (bicyclic) bond motifs is 2. The number of amides is 1. The molecule has 0 saturated heterocycles. The fraction of sp³-hybridized carbons (Fsp3) is 0.292. The zero-order valence-electron chi connectivity index (χ0n) is 19.2. The molecule has 4 aromatic rings. The first-order chi connectivity index (χ1) is 17.0. The Morgan fingerprint density at radius 2 is 2.09 bits per heavy atom. The van der Waals surface area contributed by atoms with E-state index in [9.17, 15) is 14.4 Å². The molecule has 0 radical (unpaired) electrons. The van der Waals surface area contributed by atoms with Crippen LogP contribution in [0.15, 0.2) is 46.5 Å². The number of benzene rings is 1. The van der Waals surface area contributed by atoms with E-state index in [4.69, 9.17) is 4.74 Å². The number of thiophene rings is 1. The van der Waals surface area contributed by atoms with Gasteiger partial charge in [0.2, 0.25) is 5.91 Å². The molecule has 3 heterocycles. The average molecular weight is 510 g/mol. The third-order valence-electron chi connectivity index (χ3n) is 5.71. The lowest BCUT2D eigenvalue weighted by molar-refractivity contribution is -0.115. The number of para-hydroxylation sites is 1. The van der Waals surface area contributed by atoms with E-state index in [0.29, 0.717) is 26.8 Å². The Bertz CT molecular complexity index is 1470. The second kappa shape index (κ2) is 9.67. The summed E-state index contributed by atoms with van der Waals surface area (Å²) in [7, 11) is 0. The first kappa shape index (κ1) is 23.3. The van der Waals surface area contributed by atoms with Gasteiger partial charge in [0.05, 0.1) is 29.3 Å². The van der Waals surface area contributed by atoms with Gasteiger partial charge in [0.25, 0.3) is 5.56 Å².